The predicted molar refractivity (Wildman–Crippen MR) is 141 cm³/mol. The first-order chi connectivity index (χ1) is 14.1. The molecule has 0 amide bonds. The van der Waals surface area contributed by atoms with Crippen LogP contribution in [0.2, 0.25) is 0 Å². The van der Waals surface area contributed by atoms with Gasteiger partial charge in [-0.1, -0.05) is 121 Å². The van der Waals surface area contributed by atoms with Gasteiger partial charge in [0.25, 0.3) is 0 Å². The summed E-state index contributed by atoms with van der Waals surface area (Å²) in [5, 5.41) is 0. The largest absolute Gasteiger partial charge is 0.338 e. The third-order valence-corrected chi connectivity index (χ3v) is 3.06. The predicted octanol–water partition coefficient (Wildman–Crippen LogP) is 9.91. The summed E-state index contributed by atoms with van der Waals surface area (Å²) >= 11 is 3.45. The van der Waals surface area contributed by atoms with Gasteiger partial charge in [0.15, 0.2) is 0 Å². The van der Waals surface area contributed by atoms with Gasteiger partial charge in [0, 0.05) is 4.47 Å². The van der Waals surface area contributed by atoms with E-state index in [2.05, 4.69) is 60.2 Å². The highest BCUT2D eigenvalue weighted by molar-refractivity contribution is 9.10. The number of fused-ring (bicyclic) bond motifs is 1. The number of rotatable bonds is 4. The normalized spacial score (nSPS) is 10.1. The van der Waals surface area contributed by atoms with E-state index < -0.39 is 0 Å². The molecule has 0 aliphatic carbocycles. The van der Waals surface area contributed by atoms with E-state index >= 15 is 0 Å². The van der Waals surface area contributed by atoms with Gasteiger partial charge in [0.1, 0.15) is 5.82 Å². The van der Waals surface area contributed by atoms with Crippen molar-refractivity contribution < 1.29 is 0 Å². The number of aromatic nitrogens is 2. The molecule has 1 aromatic carbocycles. The van der Waals surface area contributed by atoms with E-state index in [1.807, 2.05) is 83.2 Å². The Bertz CT molecular complexity index is 705. The van der Waals surface area contributed by atoms with Crippen LogP contribution >= 0.6 is 15.9 Å². The molecule has 29 heavy (non-hydrogen) atoms. The van der Waals surface area contributed by atoms with Gasteiger partial charge in [-0.15, -0.1) is 0 Å². The maximum absolute atomic E-state index is 4.51. The third-order valence-electron chi connectivity index (χ3n) is 2.57. The number of benzene rings is 1. The summed E-state index contributed by atoms with van der Waals surface area (Å²) in [4.78, 5) is 7.78. The fraction of sp³-hybridized carbons (Fsp3) is 0.423. The quantitative estimate of drug-likeness (QED) is 0.449. The maximum atomic E-state index is 4.51. The molecule has 2 rings (SSSR count). The molecule has 0 fully saturated rings. The molecular formula is C26H43BrN2. The van der Waals surface area contributed by atoms with Gasteiger partial charge < -0.3 is 4.98 Å². The van der Waals surface area contributed by atoms with Crippen LogP contribution < -0.4 is 0 Å². The van der Waals surface area contributed by atoms with Crippen molar-refractivity contribution in [3.63, 3.8) is 0 Å². The van der Waals surface area contributed by atoms with Crippen LogP contribution in [0.1, 0.15) is 81.0 Å². The van der Waals surface area contributed by atoms with Crippen molar-refractivity contribution in [2.24, 2.45) is 0 Å². The molecule has 2 nitrogen and oxygen atoms in total. The second kappa shape index (κ2) is 24.2. The minimum atomic E-state index is 0.840. The van der Waals surface area contributed by atoms with Crippen LogP contribution in [0, 0.1) is 0 Å². The van der Waals surface area contributed by atoms with Gasteiger partial charge in [0.2, 0.25) is 0 Å². The fourth-order valence-electron chi connectivity index (χ4n) is 1.75. The summed E-state index contributed by atoms with van der Waals surface area (Å²) in [5.74, 6) is 0.840. The number of allylic oxidation sites excluding steroid dienone is 6. The highest BCUT2D eigenvalue weighted by atomic mass is 79.9. The van der Waals surface area contributed by atoms with E-state index in [4.69, 9.17) is 0 Å². The number of H-pyrrole nitrogens is 1. The van der Waals surface area contributed by atoms with Crippen LogP contribution in [0.3, 0.4) is 0 Å². The van der Waals surface area contributed by atoms with Crippen LogP contribution in [-0.4, -0.2) is 9.97 Å². The molecule has 2 aromatic rings. The monoisotopic (exact) mass is 462 g/mol. The van der Waals surface area contributed by atoms with E-state index in [1.165, 1.54) is 12.8 Å². The lowest BCUT2D eigenvalue weighted by atomic mass is 10.2. The van der Waals surface area contributed by atoms with Crippen LogP contribution in [0.4, 0.5) is 0 Å². The van der Waals surface area contributed by atoms with Gasteiger partial charge in [-0.25, -0.2) is 4.98 Å². The highest BCUT2D eigenvalue weighted by Crippen LogP contribution is 2.18. The van der Waals surface area contributed by atoms with Crippen molar-refractivity contribution in [2.75, 3.05) is 0 Å². The second-order valence-corrected chi connectivity index (χ2v) is 6.35. The van der Waals surface area contributed by atoms with E-state index in [0.717, 1.165) is 26.9 Å². The number of nitrogens with one attached hydrogen (secondary N) is 1. The maximum Gasteiger partial charge on any atom is 0.131 e. The van der Waals surface area contributed by atoms with Gasteiger partial charge in [0.05, 0.1) is 11.0 Å². The molecule has 0 radical (unpaired) electrons. The van der Waals surface area contributed by atoms with Gasteiger partial charge in [-0.3, -0.25) is 0 Å². The highest BCUT2D eigenvalue weighted by Gasteiger charge is 2.00. The molecule has 164 valence electrons. The summed E-state index contributed by atoms with van der Waals surface area (Å²) in [6.45, 7) is 22.2. The zero-order valence-electron chi connectivity index (χ0n) is 20.1. The van der Waals surface area contributed by atoms with Gasteiger partial charge in [-0.05, 0) is 36.8 Å². The van der Waals surface area contributed by atoms with Crippen molar-refractivity contribution in [3.8, 4) is 0 Å². The number of imidazole rings is 1. The Morgan fingerprint density at radius 1 is 1.03 bits per heavy atom. The lowest BCUT2D eigenvalue weighted by Gasteiger charge is -1.90. The molecule has 3 heteroatoms. The Kier molecular flexibility index (Phi) is 26.5. The summed E-state index contributed by atoms with van der Waals surface area (Å²) in [7, 11) is 0. The Labute approximate surface area is 189 Å². The molecule has 0 spiro atoms. The lowest BCUT2D eigenvalue weighted by Crippen LogP contribution is -1.75. The molecule has 0 saturated heterocycles. The molecule has 1 heterocycles. The first-order valence-electron chi connectivity index (χ1n) is 10.8. The second-order valence-electron chi connectivity index (χ2n) is 5.43. The van der Waals surface area contributed by atoms with E-state index in [-0.39, 0.29) is 0 Å². The third kappa shape index (κ3) is 16.8. The van der Waals surface area contributed by atoms with Crippen molar-refractivity contribution >= 4 is 33.0 Å². The van der Waals surface area contributed by atoms with Crippen LogP contribution in [0.15, 0.2) is 65.2 Å². The van der Waals surface area contributed by atoms with Crippen LogP contribution in [-0.2, 0) is 0 Å². The van der Waals surface area contributed by atoms with E-state index in [9.17, 15) is 0 Å². The van der Waals surface area contributed by atoms with Gasteiger partial charge in [-0.2, -0.15) is 0 Å². The van der Waals surface area contributed by atoms with E-state index in [1.54, 1.807) is 6.08 Å². The van der Waals surface area contributed by atoms with Crippen LogP contribution in [0.5, 0.6) is 0 Å². The standard InChI is InChI=1S/C16H15BrN2.2C3H8.2C2H6/c1-3-5-12(6-4-2)7-10-16-18-14-9-8-13(17)11-15(14)19-16;2*1-3-2;2*1-2/h3-11H,1H2,2H3,(H,18,19);2*3H2,1-2H3;2*1-2H3/b6-4-,10-7+,12-5+;;;;. The number of halogens is 1. The van der Waals surface area contributed by atoms with Crippen LogP contribution in [0.25, 0.3) is 17.1 Å². The zero-order chi connectivity index (χ0) is 23.1. The van der Waals surface area contributed by atoms with E-state index in [0.29, 0.717) is 0 Å². The minimum Gasteiger partial charge on any atom is -0.338 e. The molecule has 0 bridgehead atoms. The molecule has 0 aliphatic heterocycles. The summed E-state index contributed by atoms with van der Waals surface area (Å²) in [6, 6.07) is 5.99. The van der Waals surface area contributed by atoms with Crippen molar-refractivity contribution in [3.05, 3.63) is 71.0 Å². The smallest absolute Gasteiger partial charge is 0.131 e. The first kappa shape index (κ1) is 31.8. The van der Waals surface area contributed by atoms with Crippen molar-refractivity contribution in [1.82, 2.24) is 9.97 Å². The summed E-state index contributed by atoms with van der Waals surface area (Å²) in [5.41, 5.74) is 3.07. The number of hydrogen-bond donors (Lipinski definition) is 1. The Balaban J connectivity index is -0.000000579. The lowest BCUT2D eigenvalue weighted by molar-refractivity contribution is 1.09. The Morgan fingerprint density at radius 3 is 2.07 bits per heavy atom. The minimum absolute atomic E-state index is 0.840. The van der Waals surface area contributed by atoms with Crippen molar-refractivity contribution in [1.29, 1.82) is 0 Å². The average Bonchev–Trinajstić information content (AvgIpc) is 3.13. The fourth-order valence-corrected chi connectivity index (χ4v) is 2.11. The number of aromatic amines is 1. The molecule has 0 unspecified atom stereocenters. The van der Waals surface area contributed by atoms with Gasteiger partial charge >= 0.3 is 0 Å². The zero-order valence-corrected chi connectivity index (χ0v) is 21.7. The Hall–Kier alpha value is -1.87. The molecule has 0 atom stereocenters. The number of nitrogens with zero attached hydrogens (tertiary/aromatic N) is 1. The Morgan fingerprint density at radius 2 is 1.59 bits per heavy atom. The molecular weight excluding hydrogens is 420 g/mol. The first-order valence-corrected chi connectivity index (χ1v) is 11.6. The molecule has 0 saturated carbocycles. The molecule has 1 aromatic heterocycles. The summed E-state index contributed by atoms with van der Waals surface area (Å²) in [6.07, 6.45) is 14.2. The SMILES string of the molecule is C=C/C=C(\C=C/C)/C=C/c1nc2ccc(Br)cc2[nH]1.CC.CC.CCC.CCC. The topological polar surface area (TPSA) is 28.7 Å². The summed E-state index contributed by atoms with van der Waals surface area (Å²) < 4.78 is 1.04. The number of hydrogen-bond acceptors (Lipinski definition) is 1. The molecule has 0 aliphatic rings. The van der Waals surface area contributed by atoms with Crippen molar-refractivity contribution in [2.45, 2.75) is 75.2 Å². The average molecular weight is 464 g/mol. The molecule has 1 N–H and O–H groups in total.